The molecule has 3 heterocycles. The van der Waals surface area contributed by atoms with Gasteiger partial charge in [0.25, 0.3) is 5.91 Å². The van der Waals surface area contributed by atoms with E-state index in [-0.39, 0.29) is 30.7 Å². The van der Waals surface area contributed by atoms with Crippen LogP contribution in [0.3, 0.4) is 0 Å². The first kappa shape index (κ1) is 22.4. The van der Waals surface area contributed by atoms with E-state index in [0.29, 0.717) is 0 Å². The predicted molar refractivity (Wildman–Crippen MR) is 104 cm³/mol. The summed E-state index contributed by atoms with van der Waals surface area (Å²) >= 11 is 1.45. The number of carbonyl (C=O) groups excluding carboxylic acids is 1. The highest BCUT2D eigenvalue weighted by Gasteiger charge is 2.43. The van der Waals surface area contributed by atoms with Crippen LogP contribution in [0.4, 0.5) is 5.13 Å². The lowest BCUT2D eigenvalue weighted by molar-refractivity contribution is -0.158. The molecule has 144 valence electrons. The van der Waals surface area contributed by atoms with Crippen LogP contribution in [0, 0.1) is 0 Å². The van der Waals surface area contributed by atoms with Gasteiger partial charge in [-0.1, -0.05) is 6.92 Å². The zero-order valence-electron chi connectivity index (χ0n) is 14.7. The highest BCUT2D eigenvalue weighted by Crippen LogP contribution is 2.27. The Labute approximate surface area is 165 Å². The van der Waals surface area contributed by atoms with Crippen LogP contribution in [0.25, 0.3) is 0 Å². The zero-order chi connectivity index (χ0) is 16.3. The topological polar surface area (TPSA) is 70.6 Å². The number of ether oxygens (including phenoxy) is 1. The first-order valence-electron chi connectivity index (χ1n) is 8.31. The smallest absolute Gasteiger partial charge is 0.255 e. The van der Waals surface area contributed by atoms with Gasteiger partial charge in [0.05, 0.1) is 0 Å². The summed E-state index contributed by atoms with van der Waals surface area (Å²) in [5.74, 6) is 1.05. The molecule has 0 radical (unpaired) electrons. The summed E-state index contributed by atoms with van der Waals surface area (Å²) in [6.45, 7) is 6.79. The molecule has 7 nitrogen and oxygen atoms in total. The van der Waals surface area contributed by atoms with E-state index in [2.05, 4.69) is 26.5 Å². The number of nitrogens with one attached hydrogen (secondary N) is 1. The highest BCUT2D eigenvalue weighted by atomic mass is 35.5. The number of halogens is 2. The van der Waals surface area contributed by atoms with Crippen LogP contribution in [0.1, 0.15) is 25.6 Å². The Balaban J connectivity index is 0.00000156. The molecule has 0 unspecified atom stereocenters. The maximum absolute atomic E-state index is 12.9. The van der Waals surface area contributed by atoms with E-state index >= 15 is 0 Å². The molecule has 0 aliphatic carbocycles. The molecule has 3 rings (SSSR count). The van der Waals surface area contributed by atoms with Crippen molar-refractivity contribution in [2.24, 2.45) is 0 Å². The monoisotopic (exact) mass is 411 g/mol. The average molecular weight is 412 g/mol. The summed E-state index contributed by atoms with van der Waals surface area (Å²) in [4.78, 5) is 21.6. The van der Waals surface area contributed by atoms with E-state index in [4.69, 9.17) is 4.74 Å². The van der Waals surface area contributed by atoms with Gasteiger partial charge in [-0.15, -0.1) is 24.8 Å². The van der Waals surface area contributed by atoms with Crippen molar-refractivity contribution in [3.63, 3.8) is 0 Å². The summed E-state index contributed by atoms with van der Waals surface area (Å²) in [5.41, 5.74) is -0.633. The van der Waals surface area contributed by atoms with Crippen molar-refractivity contribution in [3.8, 4) is 0 Å². The second-order valence-electron chi connectivity index (χ2n) is 6.07. The van der Waals surface area contributed by atoms with Crippen molar-refractivity contribution in [2.45, 2.75) is 31.8 Å². The van der Waals surface area contributed by atoms with Gasteiger partial charge < -0.3 is 19.9 Å². The third-order valence-electron chi connectivity index (χ3n) is 4.80. The van der Waals surface area contributed by atoms with Crippen LogP contribution in [-0.4, -0.2) is 72.1 Å². The Hall–Kier alpha value is -0.670. The Morgan fingerprint density at radius 1 is 1.24 bits per heavy atom. The number of rotatable bonds is 4. The standard InChI is InChI=1S/C15H25N5O2S.2ClH/c1-3-12-17-14(23-18-12)20-10-8-19(9-11-20)13(21)15(22-2)4-6-16-7-5-15;;/h16H,3-11H2,1-2H3;2*1H. The maximum Gasteiger partial charge on any atom is 0.255 e. The van der Waals surface area contributed by atoms with Crippen molar-refractivity contribution in [1.29, 1.82) is 0 Å². The molecule has 2 fully saturated rings. The maximum atomic E-state index is 12.9. The van der Waals surface area contributed by atoms with Crippen LogP contribution in [0.15, 0.2) is 0 Å². The van der Waals surface area contributed by atoms with Crippen LogP contribution >= 0.6 is 36.3 Å². The van der Waals surface area contributed by atoms with Crippen molar-refractivity contribution < 1.29 is 9.53 Å². The fraction of sp³-hybridized carbons (Fsp3) is 0.800. The summed E-state index contributed by atoms with van der Waals surface area (Å²) in [5, 5.41) is 4.26. The van der Waals surface area contributed by atoms with Gasteiger partial charge in [-0.3, -0.25) is 4.79 Å². The number of hydrogen-bond acceptors (Lipinski definition) is 7. The number of carbonyl (C=O) groups is 1. The average Bonchev–Trinajstić information content (AvgIpc) is 3.11. The minimum absolute atomic E-state index is 0. The van der Waals surface area contributed by atoms with Crippen LogP contribution in [0.2, 0.25) is 0 Å². The van der Waals surface area contributed by atoms with Gasteiger partial charge in [0, 0.05) is 51.2 Å². The van der Waals surface area contributed by atoms with E-state index in [1.165, 1.54) is 11.5 Å². The van der Waals surface area contributed by atoms with E-state index in [1.807, 2.05) is 4.90 Å². The lowest BCUT2D eigenvalue weighted by atomic mass is 9.90. The number of methoxy groups -OCH3 is 1. The largest absolute Gasteiger partial charge is 0.368 e. The van der Waals surface area contributed by atoms with Gasteiger partial charge >= 0.3 is 0 Å². The number of piperidine rings is 1. The van der Waals surface area contributed by atoms with Crippen LogP contribution in [0.5, 0.6) is 0 Å². The van der Waals surface area contributed by atoms with E-state index in [9.17, 15) is 4.79 Å². The van der Waals surface area contributed by atoms with Crippen molar-refractivity contribution in [2.75, 3.05) is 51.3 Å². The molecular formula is C15H27Cl2N5O2S. The molecule has 25 heavy (non-hydrogen) atoms. The first-order chi connectivity index (χ1) is 11.2. The van der Waals surface area contributed by atoms with Gasteiger partial charge in [-0.2, -0.15) is 4.37 Å². The van der Waals surface area contributed by atoms with Gasteiger partial charge in [-0.25, -0.2) is 4.98 Å². The fourth-order valence-electron chi connectivity index (χ4n) is 3.24. The molecule has 0 aromatic carbocycles. The number of hydrogen-bond donors (Lipinski definition) is 1. The fourth-order valence-corrected chi connectivity index (χ4v) is 4.04. The Morgan fingerprint density at radius 2 is 1.88 bits per heavy atom. The lowest BCUT2D eigenvalue weighted by Crippen LogP contribution is -2.59. The molecule has 0 atom stereocenters. The molecule has 2 aliphatic heterocycles. The molecular weight excluding hydrogens is 385 g/mol. The Bertz CT molecular complexity index is 546. The number of aromatic nitrogens is 2. The molecule has 0 spiro atoms. The minimum Gasteiger partial charge on any atom is -0.368 e. The first-order valence-corrected chi connectivity index (χ1v) is 9.08. The normalized spacial score (nSPS) is 19.8. The number of nitrogens with zero attached hydrogens (tertiary/aromatic N) is 4. The van der Waals surface area contributed by atoms with Crippen molar-refractivity contribution in [1.82, 2.24) is 19.6 Å². The molecule has 2 aliphatic rings. The van der Waals surface area contributed by atoms with Crippen molar-refractivity contribution in [3.05, 3.63) is 5.82 Å². The Morgan fingerprint density at radius 3 is 2.40 bits per heavy atom. The predicted octanol–water partition coefficient (Wildman–Crippen LogP) is 1.36. The third kappa shape index (κ3) is 4.74. The lowest BCUT2D eigenvalue weighted by Gasteiger charge is -2.42. The third-order valence-corrected chi connectivity index (χ3v) is 5.62. The molecule has 1 aromatic heterocycles. The van der Waals surface area contributed by atoms with E-state index < -0.39 is 5.60 Å². The second kappa shape index (κ2) is 9.87. The van der Waals surface area contributed by atoms with E-state index in [1.54, 1.807) is 7.11 Å². The molecule has 10 heteroatoms. The summed E-state index contributed by atoms with van der Waals surface area (Å²) in [6.07, 6.45) is 2.36. The highest BCUT2D eigenvalue weighted by molar-refractivity contribution is 7.09. The second-order valence-corrected chi connectivity index (χ2v) is 6.80. The number of piperazine rings is 1. The Kier molecular flexibility index (Phi) is 8.83. The van der Waals surface area contributed by atoms with Crippen LogP contribution < -0.4 is 10.2 Å². The number of amides is 1. The summed E-state index contributed by atoms with van der Waals surface area (Å²) in [7, 11) is 1.66. The van der Waals surface area contributed by atoms with Gasteiger partial charge in [0.1, 0.15) is 11.4 Å². The summed E-state index contributed by atoms with van der Waals surface area (Å²) < 4.78 is 10.0. The molecule has 0 saturated carbocycles. The minimum atomic E-state index is -0.633. The molecule has 1 amide bonds. The number of aryl methyl sites for hydroxylation is 1. The number of anilines is 1. The molecule has 1 N–H and O–H groups in total. The quantitative estimate of drug-likeness (QED) is 0.806. The van der Waals surface area contributed by atoms with Gasteiger partial charge in [0.15, 0.2) is 0 Å². The summed E-state index contributed by atoms with van der Waals surface area (Å²) in [6, 6.07) is 0. The van der Waals surface area contributed by atoms with Crippen LogP contribution in [-0.2, 0) is 16.0 Å². The van der Waals surface area contributed by atoms with E-state index in [0.717, 1.165) is 69.5 Å². The van der Waals surface area contributed by atoms with Gasteiger partial charge in [0.2, 0.25) is 5.13 Å². The zero-order valence-corrected chi connectivity index (χ0v) is 17.1. The molecule has 1 aromatic rings. The SMILES string of the molecule is CCc1nsc(N2CCN(C(=O)C3(OC)CCNCC3)CC2)n1.Cl.Cl. The van der Waals surface area contributed by atoms with Gasteiger partial charge in [-0.05, 0) is 25.9 Å². The molecule has 2 saturated heterocycles. The van der Waals surface area contributed by atoms with Crippen molar-refractivity contribution >= 4 is 47.4 Å². The molecule has 0 bridgehead atoms.